The Hall–Kier alpha value is -0.770. The van der Waals surface area contributed by atoms with Crippen LogP contribution in [0.25, 0.3) is 0 Å². The van der Waals surface area contributed by atoms with E-state index >= 15 is 0 Å². The number of aliphatic hydroxyl groups excluding tert-OH is 1. The smallest absolute Gasteiger partial charge is 0.407 e. The molecule has 0 bridgehead atoms. The van der Waals surface area contributed by atoms with Gasteiger partial charge >= 0.3 is 6.09 Å². The lowest BCUT2D eigenvalue weighted by Gasteiger charge is -2.36. The second-order valence-corrected chi connectivity index (χ2v) is 6.13. The van der Waals surface area contributed by atoms with Crippen LogP contribution in [0.2, 0.25) is 0 Å². The number of unbranched alkanes of at least 4 members (excludes halogenated alkanes) is 1. The van der Waals surface area contributed by atoms with Crippen molar-refractivity contribution in [2.45, 2.75) is 59.0 Å². The van der Waals surface area contributed by atoms with E-state index < -0.39 is 0 Å². The summed E-state index contributed by atoms with van der Waals surface area (Å²) in [6.45, 7) is 7.39. The van der Waals surface area contributed by atoms with Gasteiger partial charge in [0.2, 0.25) is 0 Å². The van der Waals surface area contributed by atoms with Crippen molar-refractivity contribution in [3.05, 3.63) is 0 Å². The molecule has 1 saturated carbocycles. The van der Waals surface area contributed by atoms with E-state index in [0.717, 1.165) is 25.7 Å². The van der Waals surface area contributed by atoms with Crippen molar-refractivity contribution in [2.75, 3.05) is 13.2 Å². The molecule has 19 heavy (non-hydrogen) atoms. The molecule has 0 radical (unpaired) electrons. The Labute approximate surface area is 116 Å². The number of aliphatic hydroxyl groups is 1. The van der Waals surface area contributed by atoms with E-state index in [2.05, 4.69) is 26.1 Å². The number of nitrogens with one attached hydrogen (secondary N) is 1. The highest BCUT2D eigenvalue weighted by Crippen LogP contribution is 2.35. The summed E-state index contributed by atoms with van der Waals surface area (Å²) < 4.78 is 5.60. The molecule has 2 N–H and O–H groups in total. The van der Waals surface area contributed by atoms with Crippen molar-refractivity contribution < 1.29 is 14.6 Å². The molecule has 0 unspecified atom stereocenters. The van der Waals surface area contributed by atoms with Crippen LogP contribution in [0.1, 0.15) is 52.9 Å². The summed E-state index contributed by atoms with van der Waals surface area (Å²) in [4.78, 5) is 11.8. The first-order chi connectivity index (χ1) is 9.04. The molecule has 1 aliphatic rings. The molecule has 0 aromatic carbocycles. The largest absolute Gasteiger partial charge is 0.446 e. The third-order valence-corrected chi connectivity index (χ3v) is 4.07. The van der Waals surface area contributed by atoms with Crippen LogP contribution in [0.5, 0.6) is 0 Å². The maximum Gasteiger partial charge on any atom is 0.407 e. The normalized spacial score (nSPS) is 27.3. The molecule has 0 spiro atoms. The lowest BCUT2D eigenvalue weighted by molar-refractivity contribution is 0.00619. The highest BCUT2D eigenvalue weighted by molar-refractivity contribution is 5.67. The minimum atomic E-state index is -0.303. The van der Waals surface area contributed by atoms with Gasteiger partial charge in [-0.3, -0.25) is 0 Å². The number of carbonyl (C=O) groups is 1. The van der Waals surface area contributed by atoms with Crippen LogP contribution < -0.4 is 5.32 Å². The summed E-state index contributed by atoms with van der Waals surface area (Å²) >= 11 is 0. The third kappa shape index (κ3) is 5.81. The number of carbonyl (C=O) groups excluding carboxylic acids is 1. The molecular weight excluding hydrogens is 242 g/mol. The van der Waals surface area contributed by atoms with Gasteiger partial charge in [-0.25, -0.2) is 4.79 Å². The Morgan fingerprint density at radius 1 is 1.37 bits per heavy atom. The van der Waals surface area contributed by atoms with Crippen molar-refractivity contribution in [2.24, 2.45) is 17.8 Å². The second kappa shape index (κ2) is 8.41. The van der Waals surface area contributed by atoms with E-state index in [0.29, 0.717) is 24.3 Å². The van der Waals surface area contributed by atoms with Gasteiger partial charge in [0, 0.05) is 13.2 Å². The molecule has 1 rings (SSSR count). The van der Waals surface area contributed by atoms with Crippen molar-refractivity contribution >= 4 is 6.09 Å². The predicted octanol–water partition coefficient (Wildman–Crippen LogP) is 2.95. The first-order valence-electron chi connectivity index (χ1n) is 7.60. The zero-order valence-electron chi connectivity index (χ0n) is 12.5. The van der Waals surface area contributed by atoms with Crippen molar-refractivity contribution in [1.29, 1.82) is 0 Å². The molecule has 3 atom stereocenters. The fourth-order valence-corrected chi connectivity index (χ4v) is 2.86. The number of alkyl carbamates (subject to hydrolysis) is 1. The molecule has 1 fully saturated rings. The summed E-state index contributed by atoms with van der Waals surface area (Å²) in [5, 5.41) is 11.4. The second-order valence-electron chi connectivity index (χ2n) is 6.13. The maximum absolute atomic E-state index is 11.8. The minimum Gasteiger partial charge on any atom is -0.446 e. The molecule has 1 aliphatic carbocycles. The molecule has 0 aromatic heterocycles. The Balaban J connectivity index is 2.36. The minimum absolute atomic E-state index is 0.0570. The van der Waals surface area contributed by atoms with Crippen molar-refractivity contribution in [3.8, 4) is 0 Å². The van der Waals surface area contributed by atoms with Crippen LogP contribution in [0.4, 0.5) is 4.79 Å². The van der Waals surface area contributed by atoms with E-state index in [9.17, 15) is 4.79 Å². The average Bonchev–Trinajstić information content (AvgIpc) is 2.34. The molecule has 4 nitrogen and oxygen atoms in total. The van der Waals surface area contributed by atoms with Gasteiger partial charge in [0.15, 0.2) is 0 Å². The summed E-state index contributed by atoms with van der Waals surface area (Å²) in [7, 11) is 0. The standard InChI is InChI=1S/C15H29NO3/c1-11(2)13-7-6-12(3)10-14(13)19-15(18)16-8-4-5-9-17/h11-14,17H,4-10H2,1-3H3,(H,16,18)/t12-,13+,14+/m1/s1. The number of rotatable bonds is 6. The number of amides is 1. The third-order valence-electron chi connectivity index (χ3n) is 4.07. The molecule has 0 aliphatic heterocycles. The maximum atomic E-state index is 11.8. The average molecular weight is 271 g/mol. The SMILES string of the molecule is CC(C)[C@@H]1CC[C@@H](C)C[C@@H]1OC(=O)NCCCCO. The van der Waals surface area contributed by atoms with Gasteiger partial charge in [-0.2, -0.15) is 0 Å². The van der Waals surface area contributed by atoms with E-state index in [4.69, 9.17) is 9.84 Å². The first kappa shape index (κ1) is 16.3. The number of hydrogen-bond donors (Lipinski definition) is 2. The van der Waals surface area contributed by atoms with Crippen LogP contribution in [0, 0.1) is 17.8 Å². The topological polar surface area (TPSA) is 58.6 Å². The van der Waals surface area contributed by atoms with Gasteiger partial charge < -0.3 is 15.2 Å². The summed E-state index contributed by atoms with van der Waals surface area (Å²) in [6, 6.07) is 0. The Morgan fingerprint density at radius 3 is 2.74 bits per heavy atom. The highest BCUT2D eigenvalue weighted by atomic mass is 16.6. The Bertz CT molecular complexity index is 268. The van der Waals surface area contributed by atoms with Crippen LogP contribution >= 0.6 is 0 Å². The first-order valence-corrected chi connectivity index (χ1v) is 7.60. The fourth-order valence-electron chi connectivity index (χ4n) is 2.86. The van der Waals surface area contributed by atoms with Crippen LogP contribution in [-0.2, 0) is 4.74 Å². The van der Waals surface area contributed by atoms with Gasteiger partial charge in [-0.05, 0) is 43.4 Å². The summed E-state index contributed by atoms with van der Waals surface area (Å²) in [5.41, 5.74) is 0. The lowest BCUT2D eigenvalue weighted by atomic mass is 9.75. The van der Waals surface area contributed by atoms with Gasteiger partial charge in [0.05, 0.1) is 0 Å². The molecular formula is C15H29NO3. The van der Waals surface area contributed by atoms with Crippen LogP contribution in [0.3, 0.4) is 0 Å². The van der Waals surface area contributed by atoms with Crippen molar-refractivity contribution in [3.63, 3.8) is 0 Å². The van der Waals surface area contributed by atoms with E-state index in [1.807, 2.05) is 0 Å². The van der Waals surface area contributed by atoms with Crippen LogP contribution in [-0.4, -0.2) is 30.5 Å². The molecule has 0 saturated heterocycles. The van der Waals surface area contributed by atoms with Crippen molar-refractivity contribution in [1.82, 2.24) is 5.32 Å². The van der Waals surface area contributed by atoms with E-state index in [1.54, 1.807) is 0 Å². The van der Waals surface area contributed by atoms with Gasteiger partial charge in [-0.1, -0.05) is 27.2 Å². The van der Waals surface area contributed by atoms with Crippen LogP contribution in [0.15, 0.2) is 0 Å². The van der Waals surface area contributed by atoms with Gasteiger partial charge in [-0.15, -0.1) is 0 Å². The zero-order chi connectivity index (χ0) is 14.3. The van der Waals surface area contributed by atoms with E-state index in [-0.39, 0.29) is 18.8 Å². The fraction of sp³-hybridized carbons (Fsp3) is 0.933. The number of ether oxygens (including phenoxy) is 1. The predicted molar refractivity (Wildman–Crippen MR) is 75.9 cm³/mol. The molecule has 112 valence electrons. The molecule has 0 aromatic rings. The quantitative estimate of drug-likeness (QED) is 0.730. The molecule has 0 heterocycles. The van der Waals surface area contributed by atoms with Gasteiger partial charge in [0.1, 0.15) is 6.10 Å². The number of hydrogen-bond acceptors (Lipinski definition) is 3. The summed E-state index contributed by atoms with van der Waals surface area (Å²) in [6.07, 6.45) is 4.63. The monoisotopic (exact) mass is 271 g/mol. The Morgan fingerprint density at radius 2 is 2.11 bits per heavy atom. The van der Waals surface area contributed by atoms with Gasteiger partial charge in [0.25, 0.3) is 0 Å². The zero-order valence-corrected chi connectivity index (χ0v) is 12.5. The Kier molecular flexibility index (Phi) is 7.21. The molecule has 1 amide bonds. The van der Waals surface area contributed by atoms with E-state index in [1.165, 1.54) is 6.42 Å². The summed E-state index contributed by atoms with van der Waals surface area (Å²) in [5.74, 6) is 1.68. The lowest BCUT2D eigenvalue weighted by Crippen LogP contribution is -2.39. The molecule has 4 heteroatoms. The highest BCUT2D eigenvalue weighted by Gasteiger charge is 2.33.